The lowest BCUT2D eigenvalue weighted by molar-refractivity contribution is -0.141. The van der Waals surface area contributed by atoms with E-state index >= 15 is 0 Å². The van der Waals surface area contributed by atoms with Crippen molar-refractivity contribution >= 4 is 5.91 Å². The molecule has 1 atom stereocenters. The number of rotatable bonds is 6. The van der Waals surface area contributed by atoms with Gasteiger partial charge in [-0.1, -0.05) is 42.5 Å². The van der Waals surface area contributed by atoms with E-state index in [-0.39, 0.29) is 11.7 Å². The number of carbonyl (C=O) groups is 1. The molecule has 0 heterocycles. The Morgan fingerprint density at radius 1 is 1.13 bits per heavy atom. The van der Waals surface area contributed by atoms with Gasteiger partial charge in [0, 0.05) is 13.1 Å². The van der Waals surface area contributed by atoms with Crippen LogP contribution < -0.4 is 0 Å². The molecular weight excluding hydrogens is 290 g/mol. The van der Waals surface area contributed by atoms with Gasteiger partial charge in [0.05, 0.1) is 0 Å². The maximum atomic E-state index is 12.7. The lowest BCUT2D eigenvalue weighted by Crippen LogP contribution is -2.36. The van der Waals surface area contributed by atoms with E-state index in [2.05, 4.69) is 0 Å². The molecule has 1 fully saturated rings. The van der Waals surface area contributed by atoms with Crippen LogP contribution in [0.15, 0.2) is 54.6 Å². The third-order valence-electron chi connectivity index (χ3n) is 4.12. The second-order valence-corrected chi connectivity index (χ2v) is 6.15. The Labute approximate surface area is 136 Å². The summed E-state index contributed by atoms with van der Waals surface area (Å²) in [6.45, 7) is 1.05. The summed E-state index contributed by atoms with van der Waals surface area (Å²) in [5.41, 5.74) is 1.47. The normalized spacial score (nSPS) is 15.2. The number of benzene rings is 2. The fourth-order valence-electron chi connectivity index (χ4n) is 2.67. The monoisotopic (exact) mass is 311 g/mol. The lowest BCUT2D eigenvalue weighted by Gasteiger charge is -2.25. The highest BCUT2D eigenvalue weighted by atomic mass is 16.3. The van der Waals surface area contributed by atoms with Gasteiger partial charge in [-0.15, -0.1) is 0 Å². The number of amides is 1. The number of phenols is 1. The Hall–Kier alpha value is -2.33. The zero-order valence-electron chi connectivity index (χ0n) is 12.9. The summed E-state index contributed by atoms with van der Waals surface area (Å²) in [6.07, 6.45) is 1.11. The molecule has 3 rings (SSSR count). The molecule has 0 aromatic heterocycles. The fraction of sp³-hybridized carbons (Fsp3) is 0.316. The van der Waals surface area contributed by atoms with E-state index < -0.39 is 6.10 Å². The van der Waals surface area contributed by atoms with Gasteiger partial charge in [-0.25, -0.2) is 0 Å². The van der Waals surface area contributed by atoms with E-state index in [9.17, 15) is 15.0 Å². The van der Waals surface area contributed by atoms with E-state index in [1.165, 1.54) is 0 Å². The molecule has 4 nitrogen and oxygen atoms in total. The lowest BCUT2D eigenvalue weighted by atomic mass is 10.1. The van der Waals surface area contributed by atoms with Gasteiger partial charge in [0.15, 0.2) is 6.10 Å². The highest BCUT2D eigenvalue weighted by Crippen LogP contribution is 2.31. The van der Waals surface area contributed by atoms with Crippen LogP contribution in [0.2, 0.25) is 0 Å². The maximum absolute atomic E-state index is 12.7. The van der Waals surface area contributed by atoms with Crippen LogP contribution in [0.1, 0.15) is 30.1 Å². The highest BCUT2D eigenvalue weighted by Gasteiger charge is 2.30. The first-order chi connectivity index (χ1) is 11.1. The SMILES string of the molecule is O=C(C(O)c1ccccc1)N(Cc1cccc(O)c1)CC1CC1. The van der Waals surface area contributed by atoms with E-state index in [1.807, 2.05) is 24.3 Å². The Morgan fingerprint density at radius 2 is 1.87 bits per heavy atom. The number of aromatic hydroxyl groups is 1. The molecule has 0 saturated heterocycles. The minimum Gasteiger partial charge on any atom is -0.508 e. The van der Waals surface area contributed by atoms with Gasteiger partial charge in [0.25, 0.3) is 5.91 Å². The maximum Gasteiger partial charge on any atom is 0.256 e. The Bertz CT molecular complexity index is 667. The van der Waals surface area contributed by atoms with Gasteiger partial charge in [-0.2, -0.15) is 0 Å². The molecule has 1 amide bonds. The molecule has 23 heavy (non-hydrogen) atoms. The third-order valence-corrected chi connectivity index (χ3v) is 4.12. The number of aliphatic hydroxyl groups is 1. The van der Waals surface area contributed by atoms with Crippen LogP contribution >= 0.6 is 0 Å². The molecule has 2 aromatic carbocycles. The molecule has 2 N–H and O–H groups in total. The zero-order chi connectivity index (χ0) is 16.2. The average Bonchev–Trinajstić information content (AvgIpc) is 3.38. The standard InChI is InChI=1S/C19H21NO3/c21-17-8-4-5-15(11-17)13-20(12-14-9-10-14)19(23)18(22)16-6-2-1-3-7-16/h1-8,11,14,18,21-22H,9-10,12-13H2. The molecule has 1 saturated carbocycles. The van der Waals surface area contributed by atoms with E-state index in [4.69, 9.17) is 0 Å². The predicted octanol–water partition coefficient (Wildman–Crippen LogP) is 2.86. The second kappa shape index (κ2) is 6.84. The predicted molar refractivity (Wildman–Crippen MR) is 87.6 cm³/mol. The summed E-state index contributed by atoms with van der Waals surface area (Å²) < 4.78 is 0. The highest BCUT2D eigenvalue weighted by molar-refractivity contribution is 5.82. The van der Waals surface area contributed by atoms with Gasteiger partial charge in [0.2, 0.25) is 0 Å². The number of hydrogen-bond acceptors (Lipinski definition) is 3. The number of aliphatic hydroxyl groups excluding tert-OH is 1. The van der Waals surface area contributed by atoms with Crippen molar-refractivity contribution in [2.24, 2.45) is 5.92 Å². The molecular formula is C19H21NO3. The quantitative estimate of drug-likeness (QED) is 0.862. The van der Waals surface area contributed by atoms with Crippen molar-refractivity contribution in [3.8, 4) is 5.75 Å². The van der Waals surface area contributed by atoms with Gasteiger partial charge in [-0.05, 0) is 42.0 Å². The first-order valence-corrected chi connectivity index (χ1v) is 7.93. The second-order valence-electron chi connectivity index (χ2n) is 6.15. The van der Waals surface area contributed by atoms with E-state index in [1.54, 1.807) is 35.2 Å². The Morgan fingerprint density at radius 3 is 2.52 bits per heavy atom. The van der Waals surface area contributed by atoms with Crippen LogP contribution in [-0.4, -0.2) is 27.6 Å². The first-order valence-electron chi connectivity index (χ1n) is 7.93. The third kappa shape index (κ3) is 4.11. The van der Waals surface area contributed by atoms with E-state index in [0.717, 1.165) is 18.4 Å². The molecule has 1 aliphatic rings. The van der Waals surface area contributed by atoms with Crippen molar-refractivity contribution in [3.05, 3.63) is 65.7 Å². The van der Waals surface area contributed by atoms with Crippen molar-refractivity contribution in [2.45, 2.75) is 25.5 Å². The van der Waals surface area contributed by atoms with Gasteiger partial charge < -0.3 is 15.1 Å². The van der Waals surface area contributed by atoms with Gasteiger partial charge >= 0.3 is 0 Å². The summed E-state index contributed by atoms with van der Waals surface area (Å²) >= 11 is 0. The number of carbonyl (C=O) groups excluding carboxylic acids is 1. The Kier molecular flexibility index (Phi) is 4.63. The fourth-order valence-corrected chi connectivity index (χ4v) is 2.67. The van der Waals surface area contributed by atoms with E-state index in [0.29, 0.717) is 24.6 Å². The summed E-state index contributed by atoms with van der Waals surface area (Å²) in [7, 11) is 0. The van der Waals surface area contributed by atoms with Gasteiger partial charge in [0.1, 0.15) is 5.75 Å². The Balaban J connectivity index is 1.76. The van der Waals surface area contributed by atoms with Crippen LogP contribution in [0.5, 0.6) is 5.75 Å². The molecule has 1 unspecified atom stereocenters. The van der Waals surface area contributed by atoms with Crippen LogP contribution in [0.4, 0.5) is 0 Å². The smallest absolute Gasteiger partial charge is 0.256 e. The van der Waals surface area contributed by atoms with Crippen molar-refractivity contribution in [3.63, 3.8) is 0 Å². The average molecular weight is 311 g/mol. The largest absolute Gasteiger partial charge is 0.508 e. The zero-order valence-corrected chi connectivity index (χ0v) is 12.9. The topological polar surface area (TPSA) is 60.8 Å². The van der Waals surface area contributed by atoms with Crippen LogP contribution in [-0.2, 0) is 11.3 Å². The van der Waals surface area contributed by atoms with Crippen molar-refractivity contribution in [2.75, 3.05) is 6.54 Å². The van der Waals surface area contributed by atoms with Crippen molar-refractivity contribution < 1.29 is 15.0 Å². The molecule has 0 radical (unpaired) electrons. The van der Waals surface area contributed by atoms with Crippen LogP contribution in [0, 0.1) is 5.92 Å². The van der Waals surface area contributed by atoms with Crippen molar-refractivity contribution in [1.82, 2.24) is 4.90 Å². The summed E-state index contributed by atoms with van der Waals surface area (Å²) in [6, 6.07) is 15.9. The molecule has 2 aromatic rings. The number of hydrogen-bond donors (Lipinski definition) is 2. The van der Waals surface area contributed by atoms with Gasteiger partial charge in [-0.3, -0.25) is 4.79 Å². The summed E-state index contributed by atoms with van der Waals surface area (Å²) in [5.74, 6) is 0.426. The summed E-state index contributed by atoms with van der Waals surface area (Å²) in [4.78, 5) is 14.4. The first kappa shape index (κ1) is 15.6. The minimum absolute atomic E-state index is 0.185. The molecule has 120 valence electrons. The molecule has 1 aliphatic carbocycles. The molecule has 0 aliphatic heterocycles. The molecule has 0 bridgehead atoms. The van der Waals surface area contributed by atoms with Crippen molar-refractivity contribution in [1.29, 1.82) is 0 Å². The summed E-state index contributed by atoms with van der Waals surface area (Å²) in [5, 5.41) is 20.0. The van der Waals surface area contributed by atoms with Crippen LogP contribution in [0.3, 0.4) is 0 Å². The molecule has 4 heteroatoms. The minimum atomic E-state index is -1.15. The number of phenolic OH excluding ortho intramolecular Hbond substituents is 1. The molecule has 0 spiro atoms. The number of nitrogens with zero attached hydrogens (tertiary/aromatic N) is 1. The van der Waals surface area contributed by atoms with Crippen LogP contribution in [0.25, 0.3) is 0 Å².